The summed E-state index contributed by atoms with van der Waals surface area (Å²) in [5.74, 6) is 0.561. The molecule has 0 radical (unpaired) electrons. The zero-order chi connectivity index (χ0) is 27.9. The maximum Gasteiger partial charge on any atom is 0.338 e. The lowest BCUT2D eigenvalue weighted by atomic mass is 9.76. The maximum atomic E-state index is 13.4. The van der Waals surface area contributed by atoms with E-state index in [4.69, 9.17) is 4.74 Å². The molecular formula is C28H35N5O5S. The number of esters is 1. The van der Waals surface area contributed by atoms with Crippen molar-refractivity contribution in [1.82, 2.24) is 19.6 Å². The molecule has 1 N–H and O–H groups in total. The molecule has 2 aliphatic rings. The molecule has 11 heteroatoms. The summed E-state index contributed by atoms with van der Waals surface area (Å²) in [6, 6.07) is 9.27. The number of aliphatic hydroxyl groups excluding tert-OH is 1. The second kappa shape index (κ2) is 10.3. The number of cyclic esters (lactones) is 1. The Morgan fingerprint density at radius 1 is 1.15 bits per heavy atom. The Kier molecular flexibility index (Phi) is 7.13. The van der Waals surface area contributed by atoms with Gasteiger partial charge in [-0.1, -0.05) is 25.0 Å². The minimum absolute atomic E-state index is 0.0444. The molecule has 1 atom stereocenters. The number of fused-ring (bicyclic) bond motifs is 1. The molecule has 1 saturated carbocycles. The number of nitrogens with zero attached hydrogens (tertiary/aromatic N) is 5. The van der Waals surface area contributed by atoms with Crippen LogP contribution in [0.3, 0.4) is 0 Å². The van der Waals surface area contributed by atoms with Crippen LogP contribution >= 0.6 is 0 Å². The van der Waals surface area contributed by atoms with Crippen LogP contribution in [0.5, 0.6) is 0 Å². The van der Waals surface area contributed by atoms with Crippen LogP contribution in [0.2, 0.25) is 0 Å². The molecular weight excluding hydrogens is 518 g/mol. The van der Waals surface area contributed by atoms with Gasteiger partial charge in [-0.05, 0) is 69.2 Å². The Balaban J connectivity index is 1.36. The molecule has 2 aromatic heterocycles. The molecule has 39 heavy (non-hydrogen) atoms. The SMILES string of the molecule is Cc1cc(C)n2nc(CC3=C(O)CC(CCc4ccc(N(C)S(C)(=O)=O)cc4)(C4CCCC4)OC3=O)nc2n1. The van der Waals surface area contributed by atoms with E-state index in [1.165, 1.54) is 17.6 Å². The maximum absolute atomic E-state index is 13.4. The van der Waals surface area contributed by atoms with Gasteiger partial charge in [0.2, 0.25) is 10.0 Å². The number of hydrogen-bond acceptors (Lipinski definition) is 8. The van der Waals surface area contributed by atoms with Crippen molar-refractivity contribution in [2.75, 3.05) is 17.6 Å². The molecule has 0 saturated heterocycles. The van der Waals surface area contributed by atoms with Crippen molar-refractivity contribution in [3.8, 4) is 0 Å². The van der Waals surface area contributed by atoms with Crippen LogP contribution in [0.25, 0.3) is 5.78 Å². The van der Waals surface area contributed by atoms with Gasteiger partial charge in [0.15, 0.2) is 5.82 Å². The molecule has 0 amide bonds. The van der Waals surface area contributed by atoms with E-state index in [-0.39, 0.29) is 30.1 Å². The van der Waals surface area contributed by atoms with Gasteiger partial charge >= 0.3 is 5.97 Å². The predicted octanol–water partition coefficient (Wildman–Crippen LogP) is 4.00. The molecule has 208 valence electrons. The molecule has 1 fully saturated rings. The zero-order valence-electron chi connectivity index (χ0n) is 22.8. The molecule has 3 heterocycles. The summed E-state index contributed by atoms with van der Waals surface area (Å²) < 4.78 is 32.8. The molecule has 3 aromatic rings. The first-order valence-electron chi connectivity index (χ1n) is 13.3. The number of carbonyl (C=O) groups is 1. The lowest BCUT2D eigenvalue weighted by Gasteiger charge is -2.41. The number of rotatable bonds is 8. The van der Waals surface area contributed by atoms with E-state index in [1.807, 2.05) is 32.0 Å². The standard InChI is InChI=1S/C28H35N5O5S/c1-18-15-19(2)33-27(29-18)30-25(31-33)16-23-24(34)17-28(38-26(23)35,21-7-5-6-8-21)14-13-20-9-11-22(12-10-20)32(3)39(4,36)37/h9-12,15,21,34H,5-8,13-14,16-17H2,1-4H3. The third-order valence-electron chi connectivity index (χ3n) is 8.09. The molecule has 1 unspecified atom stereocenters. The summed E-state index contributed by atoms with van der Waals surface area (Å²) in [6.45, 7) is 3.80. The quantitative estimate of drug-likeness (QED) is 0.415. The normalized spacial score (nSPS) is 20.6. The summed E-state index contributed by atoms with van der Waals surface area (Å²) in [5.41, 5.74) is 2.72. The second-order valence-electron chi connectivity index (χ2n) is 10.9. The minimum atomic E-state index is -3.34. The smallest absolute Gasteiger partial charge is 0.338 e. The van der Waals surface area contributed by atoms with Crippen LogP contribution in [0.1, 0.15) is 61.3 Å². The van der Waals surface area contributed by atoms with Gasteiger partial charge in [0.1, 0.15) is 11.4 Å². The van der Waals surface area contributed by atoms with Crippen molar-refractivity contribution < 1.29 is 23.1 Å². The predicted molar refractivity (Wildman–Crippen MR) is 147 cm³/mol. The van der Waals surface area contributed by atoms with Crippen LogP contribution in [-0.2, 0) is 32.4 Å². The number of carbonyl (C=O) groups excluding carboxylic acids is 1. The van der Waals surface area contributed by atoms with Crippen LogP contribution in [0.4, 0.5) is 5.69 Å². The highest BCUT2D eigenvalue weighted by Gasteiger charge is 2.48. The van der Waals surface area contributed by atoms with Gasteiger partial charge in [0.25, 0.3) is 5.78 Å². The Morgan fingerprint density at radius 3 is 2.49 bits per heavy atom. The molecule has 0 bridgehead atoms. The van der Waals surface area contributed by atoms with Gasteiger partial charge in [-0.25, -0.2) is 22.7 Å². The zero-order valence-corrected chi connectivity index (χ0v) is 23.7. The van der Waals surface area contributed by atoms with Gasteiger partial charge < -0.3 is 9.84 Å². The molecule has 1 aliphatic heterocycles. The fourth-order valence-corrected chi connectivity index (χ4v) is 6.35. The fraction of sp³-hybridized carbons (Fsp3) is 0.500. The summed E-state index contributed by atoms with van der Waals surface area (Å²) in [5, 5.41) is 15.7. The van der Waals surface area contributed by atoms with E-state index in [2.05, 4.69) is 15.1 Å². The molecule has 10 nitrogen and oxygen atoms in total. The third kappa shape index (κ3) is 5.50. The van der Waals surface area contributed by atoms with Crippen molar-refractivity contribution >= 4 is 27.5 Å². The fourth-order valence-electron chi connectivity index (χ4n) is 5.85. The second-order valence-corrected chi connectivity index (χ2v) is 12.9. The average Bonchev–Trinajstić information content (AvgIpc) is 3.55. The lowest BCUT2D eigenvalue weighted by molar-refractivity contribution is -0.167. The monoisotopic (exact) mass is 553 g/mol. The molecule has 1 aromatic carbocycles. The highest BCUT2D eigenvalue weighted by molar-refractivity contribution is 7.92. The Morgan fingerprint density at radius 2 is 1.85 bits per heavy atom. The Hall–Kier alpha value is -3.47. The summed E-state index contributed by atoms with van der Waals surface area (Å²) in [6.07, 6.45) is 6.75. The molecule has 1 aliphatic carbocycles. The molecule has 5 rings (SSSR count). The summed E-state index contributed by atoms with van der Waals surface area (Å²) in [4.78, 5) is 22.2. The number of anilines is 1. The van der Waals surface area contributed by atoms with Gasteiger partial charge in [-0.2, -0.15) is 4.98 Å². The van der Waals surface area contributed by atoms with Crippen molar-refractivity contribution in [2.24, 2.45) is 5.92 Å². The van der Waals surface area contributed by atoms with E-state index in [0.29, 0.717) is 30.1 Å². The van der Waals surface area contributed by atoms with Crippen molar-refractivity contribution in [1.29, 1.82) is 0 Å². The van der Waals surface area contributed by atoms with E-state index in [9.17, 15) is 18.3 Å². The first-order chi connectivity index (χ1) is 18.4. The number of benzene rings is 1. The van der Waals surface area contributed by atoms with E-state index >= 15 is 0 Å². The van der Waals surface area contributed by atoms with Gasteiger partial charge in [-0.15, -0.1) is 5.10 Å². The topological polar surface area (TPSA) is 127 Å². The number of sulfonamides is 1. The highest BCUT2D eigenvalue weighted by atomic mass is 32.2. The van der Waals surface area contributed by atoms with Crippen LogP contribution < -0.4 is 4.31 Å². The number of aliphatic hydroxyl groups is 1. The number of aryl methyl sites for hydroxylation is 3. The first-order valence-corrected chi connectivity index (χ1v) is 15.2. The van der Waals surface area contributed by atoms with E-state index < -0.39 is 21.6 Å². The van der Waals surface area contributed by atoms with Gasteiger partial charge in [0, 0.05) is 31.3 Å². The van der Waals surface area contributed by atoms with Crippen LogP contribution in [0.15, 0.2) is 41.7 Å². The first kappa shape index (κ1) is 27.1. The summed E-state index contributed by atoms with van der Waals surface area (Å²) in [7, 11) is -1.82. The molecule has 0 spiro atoms. The lowest BCUT2D eigenvalue weighted by Crippen LogP contribution is -2.46. The van der Waals surface area contributed by atoms with Crippen molar-refractivity contribution in [2.45, 2.75) is 70.8 Å². The van der Waals surface area contributed by atoms with E-state index in [0.717, 1.165) is 42.6 Å². The van der Waals surface area contributed by atoms with Crippen LogP contribution in [0, 0.1) is 19.8 Å². The van der Waals surface area contributed by atoms with E-state index in [1.54, 1.807) is 16.6 Å². The number of hydrogen-bond donors (Lipinski definition) is 1. The largest absolute Gasteiger partial charge is 0.512 e. The highest BCUT2D eigenvalue weighted by Crippen LogP contribution is 2.46. The van der Waals surface area contributed by atoms with Crippen LogP contribution in [-0.4, -0.2) is 58.0 Å². The van der Waals surface area contributed by atoms with Crippen molar-refractivity contribution in [3.05, 3.63) is 64.4 Å². The van der Waals surface area contributed by atoms with Crippen molar-refractivity contribution in [3.63, 3.8) is 0 Å². The summed E-state index contributed by atoms with van der Waals surface area (Å²) >= 11 is 0. The third-order valence-corrected chi connectivity index (χ3v) is 9.29. The average molecular weight is 554 g/mol. The van der Waals surface area contributed by atoms with Gasteiger partial charge in [0.05, 0.1) is 17.5 Å². The number of aromatic nitrogens is 4. The Bertz CT molecular complexity index is 1540. The number of ether oxygens (including phenoxy) is 1. The minimum Gasteiger partial charge on any atom is -0.512 e. The van der Waals surface area contributed by atoms with Gasteiger partial charge in [-0.3, -0.25) is 4.31 Å². The Labute approximate surface area is 228 Å².